The summed E-state index contributed by atoms with van der Waals surface area (Å²) < 4.78 is 0. The molecule has 26 heavy (non-hydrogen) atoms. The van der Waals surface area contributed by atoms with E-state index in [9.17, 15) is 9.59 Å². The Hall–Kier alpha value is -2.73. The Morgan fingerprint density at radius 2 is 1.81 bits per heavy atom. The number of nitrogens with one attached hydrogen (secondary N) is 3. The highest BCUT2D eigenvalue weighted by Gasteiger charge is 2.15. The fourth-order valence-corrected chi connectivity index (χ4v) is 3.47. The quantitative estimate of drug-likeness (QED) is 0.478. The van der Waals surface area contributed by atoms with Crippen LogP contribution in [0.25, 0.3) is 10.9 Å². The zero-order chi connectivity index (χ0) is 18.5. The molecular formula is C20H21N3O2S. The Bertz CT molecular complexity index is 918. The normalized spacial score (nSPS) is 11.9. The van der Waals surface area contributed by atoms with Crippen molar-refractivity contribution in [1.82, 2.24) is 15.8 Å². The van der Waals surface area contributed by atoms with Crippen molar-refractivity contribution in [2.24, 2.45) is 0 Å². The molecule has 1 unspecified atom stereocenters. The molecule has 2 aromatic carbocycles. The van der Waals surface area contributed by atoms with Gasteiger partial charge in [-0.1, -0.05) is 35.9 Å². The first-order valence-electron chi connectivity index (χ1n) is 8.40. The molecule has 5 nitrogen and oxygen atoms in total. The molecule has 3 N–H and O–H groups in total. The fourth-order valence-electron chi connectivity index (χ4n) is 2.60. The predicted molar refractivity (Wildman–Crippen MR) is 105 cm³/mol. The second-order valence-electron chi connectivity index (χ2n) is 6.15. The van der Waals surface area contributed by atoms with Crippen molar-refractivity contribution >= 4 is 34.5 Å². The minimum atomic E-state index is -0.314. The van der Waals surface area contributed by atoms with Crippen LogP contribution in [0.1, 0.15) is 18.1 Å². The van der Waals surface area contributed by atoms with Crippen molar-refractivity contribution < 1.29 is 9.59 Å². The first-order valence-corrected chi connectivity index (χ1v) is 9.28. The molecule has 2 amide bonds. The van der Waals surface area contributed by atoms with E-state index in [-0.39, 0.29) is 23.5 Å². The number of aromatic amines is 1. The predicted octanol–water partition coefficient (Wildman–Crippen LogP) is 3.35. The molecule has 1 aromatic heterocycles. The molecule has 0 radical (unpaired) electrons. The number of aryl methyl sites for hydroxylation is 1. The van der Waals surface area contributed by atoms with E-state index in [2.05, 4.69) is 15.8 Å². The Balaban J connectivity index is 1.50. The van der Waals surface area contributed by atoms with Gasteiger partial charge in [0.2, 0.25) is 5.91 Å². The average molecular weight is 367 g/mol. The van der Waals surface area contributed by atoms with Crippen molar-refractivity contribution in [1.29, 1.82) is 0 Å². The van der Waals surface area contributed by atoms with E-state index in [1.54, 1.807) is 0 Å². The van der Waals surface area contributed by atoms with Crippen molar-refractivity contribution in [3.63, 3.8) is 0 Å². The van der Waals surface area contributed by atoms with Gasteiger partial charge in [0, 0.05) is 22.0 Å². The molecular weight excluding hydrogens is 346 g/mol. The van der Waals surface area contributed by atoms with E-state index in [1.807, 2.05) is 68.6 Å². The lowest BCUT2D eigenvalue weighted by Crippen LogP contribution is -2.45. The second-order valence-corrected chi connectivity index (χ2v) is 7.56. The standard InChI is InChI=1S/C20H21N3O2S/c1-13-7-9-16(10-8-13)26-14(2)20(25)23-22-19(24)11-15-12-21-18-6-4-3-5-17(15)18/h3-10,12,14,21H,11H2,1-2H3,(H,22,24)(H,23,25). The highest BCUT2D eigenvalue weighted by molar-refractivity contribution is 8.00. The molecule has 1 heterocycles. The van der Waals surface area contributed by atoms with E-state index in [1.165, 1.54) is 17.3 Å². The number of rotatable bonds is 5. The van der Waals surface area contributed by atoms with Crippen LogP contribution in [0.2, 0.25) is 0 Å². The van der Waals surface area contributed by atoms with Crippen LogP contribution in [-0.2, 0) is 16.0 Å². The maximum atomic E-state index is 12.2. The van der Waals surface area contributed by atoms with Crippen LogP contribution in [0.4, 0.5) is 0 Å². The maximum Gasteiger partial charge on any atom is 0.251 e. The number of carbonyl (C=O) groups excluding carboxylic acids is 2. The first-order chi connectivity index (χ1) is 12.5. The number of thioether (sulfide) groups is 1. The van der Waals surface area contributed by atoms with Crippen molar-refractivity contribution in [2.75, 3.05) is 0 Å². The average Bonchev–Trinajstić information content (AvgIpc) is 3.04. The SMILES string of the molecule is Cc1ccc(SC(C)C(=O)NNC(=O)Cc2c[nH]c3ccccc23)cc1. The number of carbonyl (C=O) groups is 2. The van der Waals surface area contributed by atoms with Crippen LogP contribution in [0.15, 0.2) is 59.6 Å². The number of amides is 2. The Morgan fingerprint density at radius 1 is 1.08 bits per heavy atom. The third kappa shape index (κ3) is 4.46. The van der Waals surface area contributed by atoms with Gasteiger partial charge in [0.05, 0.1) is 11.7 Å². The van der Waals surface area contributed by atoms with Crippen LogP contribution >= 0.6 is 11.8 Å². The zero-order valence-electron chi connectivity index (χ0n) is 14.7. The Labute approximate surface area is 156 Å². The molecule has 6 heteroatoms. The van der Waals surface area contributed by atoms with E-state index in [0.29, 0.717) is 0 Å². The van der Waals surface area contributed by atoms with Gasteiger partial charge >= 0.3 is 0 Å². The van der Waals surface area contributed by atoms with E-state index in [4.69, 9.17) is 0 Å². The lowest BCUT2D eigenvalue weighted by atomic mass is 10.1. The van der Waals surface area contributed by atoms with Gasteiger partial charge in [0.1, 0.15) is 0 Å². The summed E-state index contributed by atoms with van der Waals surface area (Å²) in [6.07, 6.45) is 2.02. The third-order valence-electron chi connectivity index (χ3n) is 4.05. The summed E-state index contributed by atoms with van der Waals surface area (Å²) in [7, 11) is 0. The van der Waals surface area contributed by atoms with Crippen LogP contribution in [0.5, 0.6) is 0 Å². The number of fused-ring (bicyclic) bond motifs is 1. The van der Waals surface area contributed by atoms with Gasteiger partial charge in [-0.15, -0.1) is 11.8 Å². The molecule has 0 fully saturated rings. The number of hydrogen-bond acceptors (Lipinski definition) is 3. The van der Waals surface area contributed by atoms with Crippen molar-refractivity contribution in [3.05, 3.63) is 65.9 Å². The largest absolute Gasteiger partial charge is 0.361 e. The van der Waals surface area contributed by atoms with Gasteiger partial charge in [-0.3, -0.25) is 20.4 Å². The molecule has 3 rings (SSSR count). The maximum absolute atomic E-state index is 12.2. The van der Waals surface area contributed by atoms with Crippen molar-refractivity contribution in [2.45, 2.75) is 30.4 Å². The van der Waals surface area contributed by atoms with Gasteiger partial charge in [0.15, 0.2) is 0 Å². The summed E-state index contributed by atoms with van der Waals surface area (Å²) in [4.78, 5) is 28.5. The van der Waals surface area contributed by atoms with Crippen LogP contribution in [-0.4, -0.2) is 22.0 Å². The van der Waals surface area contributed by atoms with Gasteiger partial charge in [0.25, 0.3) is 5.91 Å². The fraction of sp³-hybridized carbons (Fsp3) is 0.200. The molecule has 134 valence electrons. The molecule has 0 spiro atoms. The zero-order valence-corrected chi connectivity index (χ0v) is 15.5. The summed E-state index contributed by atoms with van der Waals surface area (Å²) in [5.74, 6) is -0.488. The topological polar surface area (TPSA) is 74.0 Å². The molecule has 1 atom stereocenters. The molecule has 0 saturated heterocycles. The van der Waals surface area contributed by atoms with E-state index < -0.39 is 0 Å². The van der Waals surface area contributed by atoms with Gasteiger partial charge < -0.3 is 4.98 Å². The van der Waals surface area contributed by atoms with Crippen LogP contribution in [0, 0.1) is 6.92 Å². The number of H-pyrrole nitrogens is 1. The summed E-state index contributed by atoms with van der Waals surface area (Å²) >= 11 is 1.45. The molecule has 0 aliphatic heterocycles. The van der Waals surface area contributed by atoms with Crippen molar-refractivity contribution in [3.8, 4) is 0 Å². The molecule has 0 aliphatic rings. The molecule has 0 aliphatic carbocycles. The van der Waals surface area contributed by atoms with Gasteiger partial charge in [-0.2, -0.15) is 0 Å². The van der Waals surface area contributed by atoms with Crippen LogP contribution < -0.4 is 10.9 Å². The molecule has 0 bridgehead atoms. The number of hydrazine groups is 1. The number of para-hydroxylation sites is 1. The van der Waals surface area contributed by atoms with Gasteiger partial charge in [-0.05, 0) is 37.6 Å². The van der Waals surface area contributed by atoms with E-state index >= 15 is 0 Å². The molecule has 3 aromatic rings. The number of aromatic nitrogens is 1. The highest BCUT2D eigenvalue weighted by Crippen LogP contribution is 2.23. The number of hydrogen-bond donors (Lipinski definition) is 3. The summed E-state index contributed by atoms with van der Waals surface area (Å²) in [6.45, 7) is 3.83. The Morgan fingerprint density at radius 3 is 2.58 bits per heavy atom. The number of benzene rings is 2. The van der Waals surface area contributed by atoms with E-state index in [0.717, 1.165) is 21.4 Å². The first kappa shape index (κ1) is 18.1. The summed E-state index contributed by atoms with van der Waals surface area (Å²) in [5.41, 5.74) is 8.06. The Kier molecular flexibility index (Phi) is 5.63. The second kappa shape index (κ2) is 8.10. The lowest BCUT2D eigenvalue weighted by Gasteiger charge is -2.13. The smallest absolute Gasteiger partial charge is 0.251 e. The minimum absolute atomic E-state index is 0.198. The third-order valence-corrected chi connectivity index (χ3v) is 5.17. The van der Waals surface area contributed by atoms with Crippen LogP contribution in [0.3, 0.4) is 0 Å². The lowest BCUT2D eigenvalue weighted by molar-refractivity contribution is -0.128. The molecule has 0 saturated carbocycles. The monoisotopic (exact) mass is 367 g/mol. The van der Waals surface area contributed by atoms with Gasteiger partial charge in [-0.25, -0.2) is 0 Å². The highest BCUT2D eigenvalue weighted by atomic mass is 32.2. The minimum Gasteiger partial charge on any atom is -0.361 e. The summed E-state index contributed by atoms with van der Waals surface area (Å²) in [6, 6.07) is 15.8. The summed E-state index contributed by atoms with van der Waals surface area (Å²) in [5, 5.41) is 0.698.